The van der Waals surface area contributed by atoms with Crippen LogP contribution in [0.4, 0.5) is 0 Å². The van der Waals surface area contributed by atoms with Crippen molar-refractivity contribution >= 4 is 11.9 Å². The topological polar surface area (TPSA) is 73.9 Å². The lowest BCUT2D eigenvalue weighted by Gasteiger charge is -2.10. The normalized spacial score (nSPS) is 11.8. The number of benzene rings is 2. The van der Waals surface area contributed by atoms with Crippen LogP contribution >= 0.6 is 0 Å². The number of allylic oxidation sites excluding steroid dienone is 10. The second kappa shape index (κ2) is 21.4. The maximum absolute atomic E-state index is 12.5. The number of nitrogens with one attached hydrogen (secondary N) is 1. The van der Waals surface area contributed by atoms with E-state index in [9.17, 15) is 9.59 Å². The number of carbonyl (C=O) groups is 2. The van der Waals surface area contributed by atoms with Gasteiger partial charge in [0.2, 0.25) is 0 Å². The molecule has 2 aromatic rings. The highest BCUT2D eigenvalue weighted by atomic mass is 16.5. The van der Waals surface area contributed by atoms with Crippen LogP contribution in [0.15, 0.2) is 103 Å². The standard InChI is InChI=1S/C36H45NO5/c1-4-5-6-7-8-9-10-11-12-13-14-15-16-17-18-19-20-21-35(38)42-32-25-22-30(23-26-32)29-37-36(39)31-24-27-33(40-2)34(28-31)41-3/h5-6,8-9,11-12,14-15,17-18,22-28H,4,7,10,13,16,19-21,29H2,1-3H3,(H,37,39)/b6-5-,9-8-,12-11-,15-14-,18-17-. The summed E-state index contributed by atoms with van der Waals surface area (Å²) in [6, 6.07) is 12.1. The highest BCUT2D eigenvalue weighted by Crippen LogP contribution is 2.27. The van der Waals surface area contributed by atoms with Crippen LogP contribution in [0.3, 0.4) is 0 Å². The van der Waals surface area contributed by atoms with Crippen molar-refractivity contribution in [3.8, 4) is 17.2 Å². The van der Waals surface area contributed by atoms with Crippen LogP contribution in [-0.4, -0.2) is 26.1 Å². The molecule has 0 aromatic heterocycles. The van der Waals surface area contributed by atoms with Gasteiger partial charge < -0.3 is 19.5 Å². The lowest BCUT2D eigenvalue weighted by atomic mass is 10.1. The van der Waals surface area contributed by atoms with E-state index in [4.69, 9.17) is 14.2 Å². The third-order valence-corrected chi connectivity index (χ3v) is 6.16. The molecule has 0 unspecified atom stereocenters. The second-order valence-electron chi connectivity index (χ2n) is 9.47. The summed E-state index contributed by atoms with van der Waals surface area (Å²) in [7, 11) is 3.08. The van der Waals surface area contributed by atoms with E-state index in [0.29, 0.717) is 35.8 Å². The molecular weight excluding hydrogens is 526 g/mol. The Labute approximate surface area is 251 Å². The maximum Gasteiger partial charge on any atom is 0.311 e. The molecule has 0 aliphatic carbocycles. The van der Waals surface area contributed by atoms with Crippen LogP contribution in [0.1, 0.15) is 74.2 Å². The fourth-order valence-corrected chi connectivity index (χ4v) is 3.85. The first-order valence-corrected chi connectivity index (χ1v) is 14.6. The van der Waals surface area contributed by atoms with E-state index in [0.717, 1.165) is 50.5 Å². The summed E-state index contributed by atoms with van der Waals surface area (Å²) in [6.07, 6.45) is 28.6. The Bertz CT molecular complexity index is 1220. The summed E-state index contributed by atoms with van der Waals surface area (Å²) >= 11 is 0. The Balaban J connectivity index is 1.58. The zero-order chi connectivity index (χ0) is 30.3. The molecule has 0 saturated carbocycles. The molecule has 0 aliphatic heterocycles. The predicted molar refractivity (Wildman–Crippen MR) is 171 cm³/mol. The van der Waals surface area contributed by atoms with Crippen LogP contribution in [0.25, 0.3) is 0 Å². The molecular formula is C36H45NO5. The number of unbranched alkanes of at least 4 members (excludes halogenated alkanes) is 1. The largest absolute Gasteiger partial charge is 0.493 e. The van der Waals surface area contributed by atoms with Crippen LogP contribution in [0.2, 0.25) is 0 Å². The number of rotatable bonds is 19. The minimum Gasteiger partial charge on any atom is -0.493 e. The lowest BCUT2D eigenvalue weighted by Crippen LogP contribution is -2.22. The Morgan fingerprint density at radius 2 is 1.29 bits per heavy atom. The van der Waals surface area contributed by atoms with E-state index in [2.05, 4.69) is 73.0 Å². The van der Waals surface area contributed by atoms with Crippen molar-refractivity contribution in [2.75, 3.05) is 14.2 Å². The molecule has 1 N–H and O–H groups in total. The van der Waals surface area contributed by atoms with Gasteiger partial charge in [-0.15, -0.1) is 0 Å². The van der Waals surface area contributed by atoms with Gasteiger partial charge in [0, 0.05) is 18.5 Å². The van der Waals surface area contributed by atoms with Crippen molar-refractivity contribution in [3.05, 3.63) is 114 Å². The van der Waals surface area contributed by atoms with Crippen LogP contribution in [-0.2, 0) is 11.3 Å². The zero-order valence-corrected chi connectivity index (χ0v) is 25.2. The summed E-state index contributed by atoms with van der Waals surface area (Å²) in [6.45, 7) is 2.49. The van der Waals surface area contributed by atoms with E-state index in [1.165, 1.54) is 7.11 Å². The van der Waals surface area contributed by atoms with Gasteiger partial charge >= 0.3 is 5.97 Å². The molecule has 6 nitrogen and oxygen atoms in total. The van der Waals surface area contributed by atoms with E-state index in [1.807, 2.05) is 12.1 Å². The fraction of sp³-hybridized carbons (Fsp3) is 0.333. The Morgan fingerprint density at radius 1 is 0.714 bits per heavy atom. The smallest absolute Gasteiger partial charge is 0.311 e. The van der Waals surface area contributed by atoms with Crippen LogP contribution < -0.4 is 19.5 Å². The van der Waals surface area contributed by atoms with E-state index in [-0.39, 0.29) is 11.9 Å². The van der Waals surface area contributed by atoms with E-state index < -0.39 is 0 Å². The van der Waals surface area contributed by atoms with Gasteiger partial charge in [-0.05, 0) is 80.8 Å². The first kappa shape index (κ1) is 33.9. The molecule has 42 heavy (non-hydrogen) atoms. The molecule has 0 bridgehead atoms. The number of hydrogen-bond acceptors (Lipinski definition) is 5. The summed E-state index contributed by atoms with van der Waals surface area (Å²) in [4.78, 5) is 24.7. The zero-order valence-electron chi connectivity index (χ0n) is 25.2. The molecule has 0 aliphatic rings. The van der Waals surface area contributed by atoms with E-state index in [1.54, 1.807) is 37.4 Å². The predicted octanol–water partition coefficient (Wildman–Crippen LogP) is 8.46. The Kier molecular flexibility index (Phi) is 17.3. The summed E-state index contributed by atoms with van der Waals surface area (Å²) in [5.41, 5.74) is 1.37. The lowest BCUT2D eigenvalue weighted by molar-refractivity contribution is -0.134. The molecule has 6 heteroatoms. The Hall–Kier alpha value is -4.32. The number of amides is 1. The first-order chi connectivity index (χ1) is 20.6. The summed E-state index contributed by atoms with van der Waals surface area (Å²) < 4.78 is 15.9. The van der Waals surface area contributed by atoms with Crippen molar-refractivity contribution in [3.63, 3.8) is 0 Å². The van der Waals surface area contributed by atoms with Crippen molar-refractivity contribution < 1.29 is 23.8 Å². The first-order valence-electron chi connectivity index (χ1n) is 14.6. The highest BCUT2D eigenvalue weighted by Gasteiger charge is 2.11. The summed E-state index contributed by atoms with van der Waals surface area (Å²) in [5.74, 6) is 1.07. The molecule has 0 fully saturated rings. The molecule has 0 spiro atoms. The number of hydrogen-bond donors (Lipinski definition) is 1. The molecule has 0 saturated heterocycles. The van der Waals surface area contributed by atoms with Gasteiger partial charge in [-0.1, -0.05) is 79.8 Å². The molecule has 224 valence electrons. The van der Waals surface area contributed by atoms with Crippen LogP contribution in [0.5, 0.6) is 17.2 Å². The fourth-order valence-electron chi connectivity index (χ4n) is 3.85. The third kappa shape index (κ3) is 14.4. The van der Waals surface area contributed by atoms with Gasteiger partial charge in [-0.25, -0.2) is 0 Å². The average Bonchev–Trinajstić information content (AvgIpc) is 3.01. The third-order valence-electron chi connectivity index (χ3n) is 6.16. The van der Waals surface area contributed by atoms with Gasteiger partial charge in [0.25, 0.3) is 5.91 Å². The van der Waals surface area contributed by atoms with Crippen molar-refractivity contribution in [2.24, 2.45) is 0 Å². The highest BCUT2D eigenvalue weighted by molar-refractivity contribution is 5.94. The van der Waals surface area contributed by atoms with Gasteiger partial charge in [0.05, 0.1) is 14.2 Å². The molecule has 2 aromatic carbocycles. The monoisotopic (exact) mass is 571 g/mol. The Morgan fingerprint density at radius 3 is 1.86 bits per heavy atom. The quantitative estimate of drug-likeness (QED) is 0.0792. The van der Waals surface area contributed by atoms with Gasteiger partial charge in [-0.3, -0.25) is 9.59 Å². The van der Waals surface area contributed by atoms with Crippen LogP contribution in [0, 0.1) is 0 Å². The molecule has 0 heterocycles. The van der Waals surface area contributed by atoms with Gasteiger partial charge in [0.1, 0.15) is 5.75 Å². The van der Waals surface area contributed by atoms with E-state index >= 15 is 0 Å². The maximum atomic E-state index is 12.5. The van der Waals surface area contributed by atoms with Gasteiger partial charge in [-0.2, -0.15) is 0 Å². The number of methoxy groups -OCH3 is 2. The van der Waals surface area contributed by atoms with Crippen molar-refractivity contribution in [1.29, 1.82) is 0 Å². The molecule has 1 amide bonds. The number of ether oxygens (including phenoxy) is 3. The van der Waals surface area contributed by atoms with Gasteiger partial charge in [0.15, 0.2) is 11.5 Å². The summed E-state index contributed by atoms with van der Waals surface area (Å²) in [5, 5.41) is 2.88. The SMILES string of the molecule is CC/C=C\C/C=C\C/C=C\C/C=C\C/C=C\CCCC(=O)Oc1ccc(CNC(=O)c2ccc(OC)c(OC)c2)cc1. The van der Waals surface area contributed by atoms with Crippen molar-refractivity contribution in [2.45, 2.75) is 64.8 Å². The second-order valence-corrected chi connectivity index (χ2v) is 9.47. The minimum absolute atomic E-state index is 0.223. The molecule has 2 rings (SSSR count). The minimum atomic E-state index is -0.253. The average molecular weight is 572 g/mol. The number of carbonyl (C=O) groups excluding carboxylic acids is 2. The number of esters is 1. The molecule has 0 radical (unpaired) electrons. The molecule has 0 atom stereocenters. The van der Waals surface area contributed by atoms with Crippen molar-refractivity contribution in [1.82, 2.24) is 5.32 Å².